The van der Waals surface area contributed by atoms with Crippen LogP contribution >= 0.6 is 0 Å². The van der Waals surface area contributed by atoms with E-state index in [1.807, 2.05) is 6.92 Å². The molecule has 0 amide bonds. The highest BCUT2D eigenvalue weighted by Crippen LogP contribution is 2.11. The normalized spacial score (nSPS) is 10.5. The molecule has 84 valence electrons. The molecule has 1 rings (SSSR count). The summed E-state index contributed by atoms with van der Waals surface area (Å²) < 4.78 is 23.9. The Bertz CT molecular complexity index is 296. The minimum absolute atomic E-state index is 0.343. The van der Waals surface area contributed by atoms with Gasteiger partial charge in [0, 0.05) is 12.5 Å². The van der Waals surface area contributed by atoms with Gasteiger partial charge in [0.15, 0.2) is 0 Å². The SMILES string of the molecule is CCc1nc(NN)cc(NCC(F)F)n1. The van der Waals surface area contributed by atoms with Crippen molar-refractivity contribution in [2.24, 2.45) is 5.84 Å². The van der Waals surface area contributed by atoms with E-state index in [0.29, 0.717) is 23.9 Å². The lowest BCUT2D eigenvalue weighted by atomic mass is 10.4. The largest absolute Gasteiger partial charge is 0.364 e. The summed E-state index contributed by atoms with van der Waals surface area (Å²) in [7, 11) is 0. The maximum atomic E-state index is 11.9. The van der Waals surface area contributed by atoms with Crippen LogP contribution in [0.5, 0.6) is 0 Å². The van der Waals surface area contributed by atoms with Crippen LogP contribution in [0.3, 0.4) is 0 Å². The molecule has 1 aromatic rings. The zero-order chi connectivity index (χ0) is 11.3. The molecule has 0 bridgehead atoms. The Morgan fingerprint density at radius 2 is 2.07 bits per heavy atom. The molecule has 0 spiro atoms. The van der Waals surface area contributed by atoms with Crippen LogP contribution in [0.1, 0.15) is 12.7 Å². The van der Waals surface area contributed by atoms with Crippen LogP contribution in [-0.2, 0) is 6.42 Å². The lowest BCUT2D eigenvalue weighted by molar-refractivity contribution is 0.163. The van der Waals surface area contributed by atoms with E-state index in [2.05, 4.69) is 20.7 Å². The maximum absolute atomic E-state index is 11.9. The molecule has 0 aliphatic rings. The molecule has 5 nitrogen and oxygen atoms in total. The van der Waals surface area contributed by atoms with Crippen LogP contribution in [0, 0.1) is 0 Å². The summed E-state index contributed by atoms with van der Waals surface area (Å²) in [6.45, 7) is 1.43. The molecule has 0 saturated heterocycles. The van der Waals surface area contributed by atoms with Gasteiger partial charge in [-0.05, 0) is 0 Å². The molecule has 0 aliphatic heterocycles. The quantitative estimate of drug-likeness (QED) is 0.506. The van der Waals surface area contributed by atoms with Gasteiger partial charge in [-0.15, -0.1) is 0 Å². The van der Waals surface area contributed by atoms with E-state index in [4.69, 9.17) is 5.84 Å². The van der Waals surface area contributed by atoms with Crippen LogP contribution < -0.4 is 16.6 Å². The van der Waals surface area contributed by atoms with Gasteiger partial charge in [-0.2, -0.15) is 0 Å². The van der Waals surface area contributed by atoms with Crippen LogP contribution in [-0.4, -0.2) is 22.9 Å². The van der Waals surface area contributed by atoms with E-state index in [1.54, 1.807) is 0 Å². The predicted octanol–water partition coefficient (Wildman–Crippen LogP) is 1.00. The standard InChI is InChI=1S/C8H13F2N5/c1-2-6-13-7(12-4-5(9)10)3-8(14-6)15-11/h3,5H,2,4,11H2,1H3,(H2,12,13,14,15). The molecule has 0 radical (unpaired) electrons. The highest BCUT2D eigenvalue weighted by atomic mass is 19.3. The molecular weight excluding hydrogens is 204 g/mol. The summed E-state index contributed by atoms with van der Waals surface area (Å²) in [5.41, 5.74) is 2.35. The minimum Gasteiger partial charge on any atom is -0.364 e. The van der Waals surface area contributed by atoms with Gasteiger partial charge in [-0.1, -0.05) is 6.92 Å². The molecule has 0 aromatic carbocycles. The van der Waals surface area contributed by atoms with Gasteiger partial charge < -0.3 is 10.7 Å². The van der Waals surface area contributed by atoms with E-state index in [1.165, 1.54) is 6.07 Å². The number of anilines is 2. The Balaban J connectivity index is 2.77. The highest BCUT2D eigenvalue weighted by molar-refractivity contribution is 5.46. The first-order chi connectivity index (χ1) is 7.15. The molecule has 0 aliphatic carbocycles. The van der Waals surface area contributed by atoms with Gasteiger partial charge >= 0.3 is 0 Å². The summed E-state index contributed by atoms with van der Waals surface area (Å²) in [5.74, 6) is 6.47. The number of halogens is 2. The van der Waals surface area contributed by atoms with Crippen molar-refractivity contribution < 1.29 is 8.78 Å². The summed E-state index contributed by atoms with van der Waals surface area (Å²) >= 11 is 0. The number of aromatic nitrogens is 2. The molecule has 4 N–H and O–H groups in total. The topological polar surface area (TPSA) is 75.9 Å². The van der Waals surface area contributed by atoms with Crippen molar-refractivity contribution in [2.45, 2.75) is 19.8 Å². The molecular formula is C8H13F2N5. The number of nitrogens with one attached hydrogen (secondary N) is 2. The number of nitrogens with two attached hydrogens (primary N) is 1. The van der Waals surface area contributed by atoms with Crippen LogP contribution in [0.2, 0.25) is 0 Å². The van der Waals surface area contributed by atoms with E-state index in [0.717, 1.165) is 0 Å². The van der Waals surface area contributed by atoms with Gasteiger partial charge in [-0.3, -0.25) is 0 Å². The average Bonchev–Trinajstić information content (AvgIpc) is 2.25. The summed E-state index contributed by atoms with van der Waals surface area (Å²) in [4.78, 5) is 8.04. The lowest BCUT2D eigenvalue weighted by Gasteiger charge is -2.08. The van der Waals surface area contributed by atoms with Crippen LogP contribution in [0.15, 0.2) is 6.07 Å². The molecule has 7 heteroatoms. The first-order valence-corrected chi connectivity index (χ1v) is 4.52. The second kappa shape index (κ2) is 5.40. The Kier molecular flexibility index (Phi) is 4.17. The zero-order valence-corrected chi connectivity index (χ0v) is 8.30. The molecule has 1 aromatic heterocycles. The fraction of sp³-hybridized carbons (Fsp3) is 0.500. The Hall–Kier alpha value is -1.50. The Labute approximate surface area is 86.1 Å². The number of alkyl halides is 2. The number of hydrazine groups is 1. The van der Waals surface area contributed by atoms with Crippen molar-refractivity contribution >= 4 is 11.6 Å². The lowest BCUT2D eigenvalue weighted by Crippen LogP contribution is -2.15. The predicted molar refractivity (Wildman–Crippen MR) is 53.7 cm³/mol. The van der Waals surface area contributed by atoms with E-state index in [-0.39, 0.29) is 0 Å². The van der Waals surface area contributed by atoms with Crippen LogP contribution in [0.4, 0.5) is 20.4 Å². The Morgan fingerprint density at radius 3 is 2.60 bits per heavy atom. The number of aryl methyl sites for hydroxylation is 1. The fourth-order valence-electron chi connectivity index (χ4n) is 1.00. The second-order valence-corrected chi connectivity index (χ2v) is 2.82. The number of nitrogens with zero attached hydrogens (tertiary/aromatic N) is 2. The monoisotopic (exact) mass is 217 g/mol. The van der Waals surface area contributed by atoms with Crippen molar-refractivity contribution in [1.29, 1.82) is 0 Å². The minimum atomic E-state index is -2.42. The van der Waals surface area contributed by atoms with Crippen molar-refractivity contribution in [2.75, 3.05) is 17.3 Å². The number of hydrogen-bond acceptors (Lipinski definition) is 5. The first kappa shape index (κ1) is 11.6. The summed E-state index contributed by atoms with van der Waals surface area (Å²) in [6, 6.07) is 1.47. The first-order valence-electron chi connectivity index (χ1n) is 4.52. The van der Waals surface area contributed by atoms with Gasteiger partial charge in [0.1, 0.15) is 17.5 Å². The average molecular weight is 217 g/mol. The van der Waals surface area contributed by atoms with Gasteiger partial charge in [0.05, 0.1) is 6.54 Å². The van der Waals surface area contributed by atoms with Crippen molar-refractivity contribution in [3.05, 3.63) is 11.9 Å². The molecule has 0 unspecified atom stereocenters. The molecule has 0 fully saturated rings. The van der Waals surface area contributed by atoms with E-state index in [9.17, 15) is 8.78 Å². The zero-order valence-electron chi connectivity index (χ0n) is 8.30. The van der Waals surface area contributed by atoms with Crippen molar-refractivity contribution in [1.82, 2.24) is 9.97 Å². The highest BCUT2D eigenvalue weighted by Gasteiger charge is 2.05. The van der Waals surface area contributed by atoms with Gasteiger partial charge in [0.2, 0.25) is 0 Å². The Morgan fingerprint density at radius 1 is 1.40 bits per heavy atom. The molecule has 0 atom stereocenters. The van der Waals surface area contributed by atoms with Gasteiger partial charge in [0.25, 0.3) is 6.43 Å². The van der Waals surface area contributed by atoms with E-state index >= 15 is 0 Å². The summed E-state index contributed by atoms with van der Waals surface area (Å²) in [5, 5.41) is 2.50. The third-order valence-electron chi connectivity index (χ3n) is 1.67. The smallest absolute Gasteiger partial charge is 0.255 e. The number of hydrogen-bond donors (Lipinski definition) is 3. The number of nitrogen functional groups attached to an aromatic ring is 1. The third-order valence-corrected chi connectivity index (χ3v) is 1.67. The van der Waals surface area contributed by atoms with E-state index < -0.39 is 13.0 Å². The fourth-order valence-corrected chi connectivity index (χ4v) is 1.00. The van der Waals surface area contributed by atoms with Crippen molar-refractivity contribution in [3.63, 3.8) is 0 Å². The summed E-state index contributed by atoms with van der Waals surface area (Å²) in [6.07, 6.45) is -1.81. The third kappa shape index (κ3) is 3.62. The second-order valence-electron chi connectivity index (χ2n) is 2.82. The van der Waals surface area contributed by atoms with Gasteiger partial charge in [-0.25, -0.2) is 24.6 Å². The molecule has 0 saturated carbocycles. The maximum Gasteiger partial charge on any atom is 0.255 e. The number of rotatable bonds is 5. The molecule has 1 heterocycles. The van der Waals surface area contributed by atoms with Crippen molar-refractivity contribution in [3.8, 4) is 0 Å². The molecule has 15 heavy (non-hydrogen) atoms. The van der Waals surface area contributed by atoms with Crippen LogP contribution in [0.25, 0.3) is 0 Å².